The molecule has 0 saturated heterocycles. The minimum absolute atomic E-state index is 0.0347. The van der Waals surface area contributed by atoms with Crippen LogP contribution < -0.4 is 9.62 Å². The summed E-state index contributed by atoms with van der Waals surface area (Å²) in [6.07, 6.45) is 2.75. The molecule has 3 aromatic rings. The number of rotatable bonds is 14. The SMILES string of the molecule is CCC(C)NC(=O)C(Cc1ccccc1)N(Cc1ccccc1C)C(=O)CCCN(c1ccc(C)c(C)c1)S(C)(=O)=O. The van der Waals surface area contributed by atoms with Gasteiger partial charge in [0.25, 0.3) is 0 Å². The van der Waals surface area contributed by atoms with E-state index in [1.54, 1.807) is 11.0 Å². The Kier molecular flexibility index (Phi) is 11.7. The van der Waals surface area contributed by atoms with Crippen molar-refractivity contribution >= 4 is 27.5 Å². The molecule has 7 nitrogen and oxygen atoms in total. The monoisotopic (exact) mass is 591 g/mol. The number of aryl methyl sites for hydroxylation is 3. The zero-order valence-electron chi connectivity index (χ0n) is 25.8. The van der Waals surface area contributed by atoms with Crippen LogP contribution >= 0.6 is 0 Å². The normalized spacial score (nSPS) is 12.8. The van der Waals surface area contributed by atoms with E-state index in [2.05, 4.69) is 5.32 Å². The Bertz CT molecular complexity index is 1460. The molecule has 0 heterocycles. The van der Waals surface area contributed by atoms with Gasteiger partial charge in [-0.05, 0) is 80.5 Å². The summed E-state index contributed by atoms with van der Waals surface area (Å²) in [5, 5.41) is 3.09. The van der Waals surface area contributed by atoms with E-state index in [4.69, 9.17) is 0 Å². The van der Waals surface area contributed by atoms with Gasteiger partial charge in [0.05, 0.1) is 11.9 Å². The van der Waals surface area contributed by atoms with E-state index in [0.29, 0.717) is 18.5 Å². The molecule has 0 fully saturated rings. The zero-order chi connectivity index (χ0) is 30.9. The molecule has 2 unspecified atom stereocenters. The van der Waals surface area contributed by atoms with Crippen LogP contribution in [0.15, 0.2) is 72.8 Å². The first kappa shape index (κ1) is 32.9. The van der Waals surface area contributed by atoms with E-state index in [1.165, 1.54) is 10.6 Å². The Morgan fingerprint density at radius 1 is 0.881 bits per heavy atom. The van der Waals surface area contributed by atoms with Gasteiger partial charge in [0.15, 0.2) is 0 Å². The van der Waals surface area contributed by atoms with Gasteiger partial charge in [-0.2, -0.15) is 0 Å². The van der Waals surface area contributed by atoms with Crippen molar-refractivity contribution in [2.75, 3.05) is 17.1 Å². The predicted molar refractivity (Wildman–Crippen MR) is 171 cm³/mol. The van der Waals surface area contributed by atoms with Crippen molar-refractivity contribution in [2.24, 2.45) is 0 Å². The Hall–Kier alpha value is -3.65. The van der Waals surface area contributed by atoms with Crippen LogP contribution in [0.5, 0.6) is 0 Å². The maximum Gasteiger partial charge on any atom is 0.243 e. The highest BCUT2D eigenvalue weighted by Gasteiger charge is 2.31. The molecule has 3 aromatic carbocycles. The molecule has 0 aliphatic carbocycles. The van der Waals surface area contributed by atoms with E-state index >= 15 is 0 Å². The minimum Gasteiger partial charge on any atom is -0.352 e. The first-order chi connectivity index (χ1) is 19.9. The number of nitrogens with one attached hydrogen (secondary N) is 1. The summed E-state index contributed by atoms with van der Waals surface area (Å²) in [6.45, 7) is 10.3. The quantitative estimate of drug-likeness (QED) is 0.260. The maximum absolute atomic E-state index is 14.0. The van der Waals surface area contributed by atoms with Gasteiger partial charge in [-0.15, -0.1) is 0 Å². The number of hydrogen-bond donors (Lipinski definition) is 1. The number of benzene rings is 3. The van der Waals surface area contributed by atoms with Crippen LogP contribution in [0.2, 0.25) is 0 Å². The van der Waals surface area contributed by atoms with Crippen LogP contribution in [0.3, 0.4) is 0 Å². The summed E-state index contributed by atoms with van der Waals surface area (Å²) in [5.41, 5.74) is 5.62. The second kappa shape index (κ2) is 15.0. The highest BCUT2D eigenvalue weighted by molar-refractivity contribution is 7.92. The summed E-state index contributed by atoms with van der Waals surface area (Å²) in [6, 6.07) is 22.4. The smallest absolute Gasteiger partial charge is 0.243 e. The molecule has 2 amide bonds. The summed E-state index contributed by atoms with van der Waals surface area (Å²) in [4.78, 5) is 29.4. The number of hydrogen-bond acceptors (Lipinski definition) is 4. The molecule has 3 rings (SSSR count). The molecule has 0 aliphatic rings. The highest BCUT2D eigenvalue weighted by Crippen LogP contribution is 2.23. The third-order valence-electron chi connectivity index (χ3n) is 7.80. The first-order valence-corrected chi connectivity index (χ1v) is 16.5. The summed E-state index contributed by atoms with van der Waals surface area (Å²) >= 11 is 0. The standard InChI is InChI=1S/C34H45N3O4S/c1-7-28(5)35-34(39)32(23-29-15-9-8-10-16-29)36(24-30-17-12-11-14-26(30)3)33(38)18-13-21-37(42(6,40)41)31-20-19-25(2)27(4)22-31/h8-12,14-17,19-20,22,28,32H,7,13,18,21,23-24H2,1-6H3,(H,35,39). The van der Waals surface area contributed by atoms with Crippen molar-refractivity contribution in [1.82, 2.24) is 10.2 Å². The number of anilines is 1. The number of carbonyl (C=O) groups excluding carboxylic acids is 2. The lowest BCUT2D eigenvalue weighted by Crippen LogP contribution is -2.52. The zero-order valence-corrected chi connectivity index (χ0v) is 26.6. The van der Waals surface area contributed by atoms with Crippen LogP contribution in [0.1, 0.15) is 60.9 Å². The second-order valence-electron chi connectivity index (χ2n) is 11.2. The average molecular weight is 592 g/mol. The lowest BCUT2D eigenvalue weighted by Gasteiger charge is -2.33. The van der Waals surface area contributed by atoms with Crippen LogP contribution in [-0.2, 0) is 32.6 Å². The Morgan fingerprint density at radius 2 is 1.55 bits per heavy atom. The minimum atomic E-state index is -3.56. The third-order valence-corrected chi connectivity index (χ3v) is 9.00. The van der Waals surface area contributed by atoms with Gasteiger partial charge in [0.2, 0.25) is 21.8 Å². The van der Waals surface area contributed by atoms with Crippen LogP contribution in [0.25, 0.3) is 0 Å². The van der Waals surface area contributed by atoms with Crippen LogP contribution in [0, 0.1) is 20.8 Å². The molecule has 0 aliphatic heterocycles. The van der Waals surface area contributed by atoms with Crippen molar-refractivity contribution in [2.45, 2.75) is 78.9 Å². The van der Waals surface area contributed by atoms with Crippen LogP contribution in [-0.4, -0.2) is 50.0 Å². The molecular weight excluding hydrogens is 546 g/mol. The van der Waals surface area contributed by atoms with E-state index in [1.807, 2.05) is 101 Å². The molecule has 0 aromatic heterocycles. The summed E-state index contributed by atoms with van der Waals surface area (Å²) in [5.74, 6) is -0.380. The molecule has 226 valence electrons. The predicted octanol–water partition coefficient (Wildman–Crippen LogP) is 5.71. The van der Waals surface area contributed by atoms with Crippen molar-refractivity contribution in [3.05, 3.63) is 101 Å². The molecule has 2 atom stereocenters. The van der Waals surface area contributed by atoms with Crippen molar-refractivity contribution in [1.29, 1.82) is 0 Å². The van der Waals surface area contributed by atoms with Crippen LogP contribution in [0.4, 0.5) is 5.69 Å². The van der Waals surface area contributed by atoms with Gasteiger partial charge in [-0.3, -0.25) is 13.9 Å². The largest absolute Gasteiger partial charge is 0.352 e. The molecule has 42 heavy (non-hydrogen) atoms. The van der Waals surface area contributed by atoms with E-state index in [9.17, 15) is 18.0 Å². The fourth-order valence-electron chi connectivity index (χ4n) is 4.85. The molecule has 0 radical (unpaired) electrons. The van der Waals surface area contributed by atoms with Gasteiger partial charge < -0.3 is 10.2 Å². The molecular formula is C34H45N3O4S. The molecule has 8 heteroatoms. The Balaban J connectivity index is 1.91. The molecule has 0 bridgehead atoms. The van der Waals surface area contributed by atoms with E-state index in [0.717, 1.165) is 34.2 Å². The number of sulfonamides is 1. The van der Waals surface area contributed by atoms with E-state index in [-0.39, 0.29) is 37.4 Å². The Labute approximate surface area is 252 Å². The average Bonchev–Trinajstić information content (AvgIpc) is 2.95. The topological polar surface area (TPSA) is 86.8 Å². The fraction of sp³-hybridized carbons (Fsp3) is 0.412. The Morgan fingerprint density at radius 3 is 2.17 bits per heavy atom. The highest BCUT2D eigenvalue weighted by atomic mass is 32.2. The molecule has 0 saturated carbocycles. The fourth-order valence-corrected chi connectivity index (χ4v) is 5.81. The third kappa shape index (κ3) is 9.18. The lowest BCUT2D eigenvalue weighted by atomic mass is 10.0. The van der Waals surface area contributed by atoms with E-state index < -0.39 is 16.1 Å². The van der Waals surface area contributed by atoms with Crippen molar-refractivity contribution in [3.8, 4) is 0 Å². The second-order valence-corrected chi connectivity index (χ2v) is 13.1. The van der Waals surface area contributed by atoms with Crippen molar-refractivity contribution < 1.29 is 18.0 Å². The molecule has 1 N–H and O–H groups in total. The van der Waals surface area contributed by atoms with Gasteiger partial charge in [0, 0.05) is 32.0 Å². The maximum atomic E-state index is 14.0. The summed E-state index contributed by atoms with van der Waals surface area (Å²) in [7, 11) is -3.56. The number of amides is 2. The van der Waals surface area contributed by atoms with Gasteiger partial charge >= 0.3 is 0 Å². The van der Waals surface area contributed by atoms with Gasteiger partial charge in [-0.1, -0.05) is 67.6 Å². The molecule has 0 spiro atoms. The van der Waals surface area contributed by atoms with Gasteiger partial charge in [0.1, 0.15) is 6.04 Å². The number of nitrogens with zero attached hydrogens (tertiary/aromatic N) is 2. The van der Waals surface area contributed by atoms with Gasteiger partial charge in [-0.25, -0.2) is 8.42 Å². The van der Waals surface area contributed by atoms with Crippen molar-refractivity contribution in [3.63, 3.8) is 0 Å². The first-order valence-electron chi connectivity index (χ1n) is 14.6. The lowest BCUT2D eigenvalue weighted by molar-refractivity contribution is -0.141. The number of carbonyl (C=O) groups is 2. The summed E-state index contributed by atoms with van der Waals surface area (Å²) < 4.78 is 26.8.